The van der Waals surface area contributed by atoms with E-state index < -0.39 is 0 Å². The summed E-state index contributed by atoms with van der Waals surface area (Å²) in [5.41, 5.74) is 4.22. The first kappa shape index (κ1) is 24.5. The van der Waals surface area contributed by atoms with Crippen molar-refractivity contribution in [2.24, 2.45) is 0 Å². The average Bonchev–Trinajstić information content (AvgIpc) is 2.89. The minimum atomic E-state index is 0.608. The van der Waals surface area contributed by atoms with Crippen LogP contribution in [0.2, 0.25) is 5.02 Å². The van der Waals surface area contributed by atoms with Crippen molar-refractivity contribution < 1.29 is 4.79 Å². The van der Waals surface area contributed by atoms with Crippen molar-refractivity contribution in [3.8, 4) is 0 Å². The van der Waals surface area contributed by atoms with Crippen molar-refractivity contribution in [3.05, 3.63) is 96.1 Å². The highest BCUT2D eigenvalue weighted by Gasteiger charge is 2.12. The molecule has 0 saturated carbocycles. The summed E-state index contributed by atoms with van der Waals surface area (Å²) in [5.74, 6) is 0. The summed E-state index contributed by atoms with van der Waals surface area (Å²) in [5, 5.41) is 8.07. The van der Waals surface area contributed by atoms with Gasteiger partial charge in [-0.2, -0.15) is 0 Å². The van der Waals surface area contributed by atoms with Crippen LogP contribution in [0.1, 0.15) is 0 Å². The fraction of sp³-hybridized carbons (Fsp3) is 0.214. The molecule has 35 heavy (non-hydrogen) atoms. The summed E-state index contributed by atoms with van der Waals surface area (Å²) in [6, 6.07) is 28.6. The number of fused-ring (bicyclic) bond motifs is 1. The van der Waals surface area contributed by atoms with Gasteiger partial charge in [0, 0.05) is 72.9 Å². The van der Waals surface area contributed by atoms with Gasteiger partial charge < -0.3 is 15.5 Å². The number of hydrogen-bond acceptors (Lipinski definition) is 5. The predicted molar refractivity (Wildman–Crippen MR) is 146 cm³/mol. The maximum absolute atomic E-state index is 10.8. The predicted octanol–water partition coefficient (Wildman–Crippen LogP) is 5.19. The number of hydrogen-bond donors (Lipinski definition) is 2. The van der Waals surface area contributed by atoms with Crippen molar-refractivity contribution >= 4 is 46.0 Å². The van der Waals surface area contributed by atoms with Crippen molar-refractivity contribution in [3.63, 3.8) is 0 Å². The summed E-state index contributed by atoms with van der Waals surface area (Å²) < 4.78 is 0. The Hall–Kier alpha value is -3.61. The maximum atomic E-state index is 10.8. The summed E-state index contributed by atoms with van der Waals surface area (Å²) in [6.07, 6.45) is 2.55. The van der Waals surface area contributed by atoms with Crippen molar-refractivity contribution in [2.75, 3.05) is 49.5 Å². The molecule has 4 rings (SSSR count). The number of benzene rings is 3. The molecule has 0 bridgehead atoms. The van der Waals surface area contributed by atoms with Gasteiger partial charge >= 0.3 is 0 Å². The van der Waals surface area contributed by atoms with Crippen LogP contribution in [0.25, 0.3) is 10.9 Å². The molecule has 0 fully saturated rings. The molecule has 6 nitrogen and oxygen atoms in total. The van der Waals surface area contributed by atoms with Gasteiger partial charge in [0.25, 0.3) is 0 Å². The molecule has 1 heterocycles. The van der Waals surface area contributed by atoms with E-state index in [-0.39, 0.29) is 0 Å². The van der Waals surface area contributed by atoms with Crippen molar-refractivity contribution in [2.45, 2.75) is 0 Å². The Bertz CT molecular complexity index is 1170. The van der Waals surface area contributed by atoms with E-state index in [2.05, 4.69) is 73.9 Å². The third-order valence-electron chi connectivity index (χ3n) is 5.88. The minimum absolute atomic E-state index is 0.608. The van der Waals surface area contributed by atoms with Crippen LogP contribution in [0.3, 0.4) is 0 Å². The van der Waals surface area contributed by atoms with Gasteiger partial charge in [0.15, 0.2) is 0 Å². The monoisotopic (exact) mass is 487 g/mol. The number of nitrogens with zero attached hydrogens (tertiary/aromatic N) is 3. The number of halogens is 1. The van der Waals surface area contributed by atoms with Crippen LogP contribution < -0.4 is 15.5 Å². The van der Waals surface area contributed by atoms with Gasteiger partial charge in [0.1, 0.15) is 0 Å². The van der Waals surface area contributed by atoms with Crippen LogP contribution in [-0.2, 0) is 4.79 Å². The van der Waals surface area contributed by atoms with Gasteiger partial charge in [-0.25, -0.2) is 0 Å². The first-order valence-corrected chi connectivity index (χ1v) is 12.2. The second-order valence-electron chi connectivity index (χ2n) is 8.18. The molecular formula is C28H30ClN5O. The molecule has 0 aliphatic heterocycles. The van der Waals surface area contributed by atoms with E-state index in [1.807, 2.05) is 36.4 Å². The van der Waals surface area contributed by atoms with Gasteiger partial charge in [0.2, 0.25) is 6.41 Å². The summed E-state index contributed by atoms with van der Waals surface area (Å²) >= 11 is 6.12. The molecule has 7 heteroatoms. The second kappa shape index (κ2) is 12.7. The molecule has 0 aliphatic carbocycles. The third-order valence-corrected chi connectivity index (χ3v) is 6.11. The zero-order valence-electron chi connectivity index (χ0n) is 19.6. The lowest BCUT2D eigenvalue weighted by Gasteiger charge is -2.29. The molecule has 0 atom stereocenters. The number of aromatic nitrogens is 1. The van der Waals surface area contributed by atoms with Crippen LogP contribution >= 0.6 is 11.6 Å². The number of rotatable bonds is 13. The van der Waals surface area contributed by atoms with Crippen LogP contribution in [0.5, 0.6) is 0 Å². The number of pyridine rings is 1. The fourth-order valence-electron chi connectivity index (χ4n) is 4.11. The van der Waals surface area contributed by atoms with Crippen molar-refractivity contribution in [1.29, 1.82) is 0 Å². The molecule has 0 spiro atoms. The standard InChI is InChI=1S/C28H30ClN5O/c29-23-11-12-26-27(13-14-31-28(26)21-23)32-16-18-33(17-15-30-22-35)19-20-34(24-7-3-1-4-8-24)25-9-5-2-6-10-25/h1-14,21-22H,15-20H2,(H,30,35)(H,31,32). The Morgan fingerprint density at radius 2 is 1.49 bits per heavy atom. The molecule has 0 saturated heterocycles. The molecule has 180 valence electrons. The van der Waals surface area contributed by atoms with E-state index in [1.165, 1.54) is 0 Å². The number of para-hydroxylation sites is 2. The largest absolute Gasteiger partial charge is 0.383 e. The van der Waals surface area contributed by atoms with Gasteiger partial charge in [0.05, 0.1) is 5.52 Å². The number of carbonyl (C=O) groups is 1. The summed E-state index contributed by atoms with van der Waals surface area (Å²) in [4.78, 5) is 19.9. The normalized spacial score (nSPS) is 10.9. The lowest BCUT2D eigenvalue weighted by Crippen LogP contribution is -2.39. The Kier molecular flexibility index (Phi) is 8.92. The van der Waals surface area contributed by atoms with Gasteiger partial charge in [-0.05, 0) is 48.5 Å². The van der Waals surface area contributed by atoms with E-state index in [0.29, 0.717) is 11.6 Å². The van der Waals surface area contributed by atoms with Crippen LogP contribution in [0.4, 0.5) is 17.1 Å². The lowest BCUT2D eigenvalue weighted by atomic mass is 10.2. The quantitative estimate of drug-likeness (QED) is 0.201. The van der Waals surface area contributed by atoms with E-state index in [1.54, 1.807) is 6.20 Å². The molecule has 0 radical (unpaired) electrons. The van der Waals surface area contributed by atoms with E-state index in [0.717, 1.165) is 67.1 Å². The van der Waals surface area contributed by atoms with E-state index in [9.17, 15) is 4.79 Å². The molecule has 1 amide bonds. The summed E-state index contributed by atoms with van der Waals surface area (Å²) in [6.45, 7) is 4.64. The Morgan fingerprint density at radius 1 is 0.800 bits per heavy atom. The molecule has 2 N–H and O–H groups in total. The van der Waals surface area contributed by atoms with Crippen LogP contribution in [-0.4, -0.2) is 55.6 Å². The topological polar surface area (TPSA) is 60.5 Å². The second-order valence-corrected chi connectivity index (χ2v) is 8.62. The first-order chi connectivity index (χ1) is 17.2. The maximum Gasteiger partial charge on any atom is 0.207 e. The van der Waals surface area contributed by atoms with E-state index in [4.69, 9.17) is 11.6 Å². The number of carbonyl (C=O) groups excluding carboxylic acids is 1. The van der Waals surface area contributed by atoms with Crippen molar-refractivity contribution in [1.82, 2.24) is 15.2 Å². The van der Waals surface area contributed by atoms with Crippen LogP contribution in [0.15, 0.2) is 91.1 Å². The number of anilines is 3. The van der Waals surface area contributed by atoms with Crippen LogP contribution in [0, 0.1) is 0 Å². The molecule has 4 aromatic rings. The smallest absolute Gasteiger partial charge is 0.207 e. The van der Waals surface area contributed by atoms with Gasteiger partial charge in [-0.1, -0.05) is 48.0 Å². The fourth-order valence-corrected chi connectivity index (χ4v) is 4.27. The SMILES string of the molecule is O=CNCCN(CCNc1ccnc2cc(Cl)ccc12)CCN(c1ccccc1)c1ccccc1. The van der Waals surface area contributed by atoms with Gasteiger partial charge in [-0.15, -0.1) is 0 Å². The highest BCUT2D eigenvalue weighted by molar-refractivity contribution is 6.31. The zero-order valence-corrected chi connectivity index (χ0v) is 20.4. The summed E-state index contributed by atoms with van der Waals surface area (Å²) in [7, 11) is 0. The molecule has 1 aromatic heterocycles. The molecule has 0 unspecified atom stereocenters. The minimum Gasteiger partial charge on any atom is -0.383 e. The molecule has 3 aromatic carbocycles. The lowest BCUT2D eigenvalue weighted by molar-refractivity contribution is -0.109. The number of nitrogens with one attached hydrogen (secondary N) is 2. The first-order valence-electron chi connectivity index (χ1n) is 11.8. The highest BCUT2D eigenvalue weighted by atomic mass is 35.5. The Labute approximate surface area is 211 Å². The third kappa shape index (κ3) is 6.94. The molecular weight excluding hydrogens is 458 g/mol. The van der Waals surface area contributed by atoms with E-state index >= 15 is 0 Å². The highest BCUT2D eigenvalue weighted by Crippen LogP contribution is 2.25. The molecule has 0 aliphatic rings. The zero-order chi connectivity index (χ0) is 24.3. The average molecular weight is 488 g/mol. The number of amides is 1. The Morgan fingerprint density at radius 3 is 2.17 bits per heavy atom. The Balaban J connectivity index is 1.42. The van der Waals surface area contributed by atoms with Gasteiger partial charge in [-0.3, -0.25) is 14.7 Å².